The van der Waals surface area contributed by atoms with Crippen LogP contribution in [-0.2, 0) is 9.53 Å². The molecule has 3 amide bonds. The molecule has 7 heteroatoms. The molecule has 3 rings (SSSR count). The smallest absolute Gasteiger partial charge is 0.317 e. The molecule has 1 unspecified atom stereocenters. The van der Waals surface area contributed by atoms with Crippen LogP contribution in [0.4, 0.5) is 4.79 Å². The van der Waals surface area contributed by atoms with E-state index in [4.69, 9.17) is 16.3 Å². The molecule has 0 radical (unpaired) electrons. The van der Waals surface area contributed by atoms with Crippen molar-refractivity contribution in [3.8, 4) is 0 Å². The molecule has 2 atom stereocenters. The van der Waals surface area contributed by atoms with Gasteiger partial charge in [-0.1, -0.05) is 23.7 Å². The number of likely N-dealkylation sites (N-methyl/N-ethyl adjacent to an activating group) is 1. The molecule has 0 aliphatic carbocycles. The van der Waals surface area contributed by atoms with Crippen molar-refractivity contribution in [1.82, 2.24) is 15.1 Å². The first-order chi connectivity index (χ1) is 11.6. The van der Waals surface area contributed by atoms with Crippen molar-refractivity contribution in [2.45, 2.75) is 25.5 Å². The van der Waals surface area contributed by atoms with E-state index in [2.05, 4.69) is 5.32 Å². The molecule has 1 aromatic rings. The molecule has 2 aliphatic heterocycles. The first kappa shape index (κ1) is 17.0. The highest BCUT2D eigenvalue weighted by atomic mass is 35.5. The van der Waals surface area contributed by atoms with Crippen LogP contribution in [0.3, 0.4) is 0 Å². The Bertz CT molecular complexity index is 608. The number of hydrogen-bond donors (Lipinski definition) is 1. The quantitative estimate of drug-likeness (QED) is 0.906. The van der Waals surface area contributed by atoms with Crippen molar-refractivity contribution >= 4 is 23.5 Å². The lowest BCUT2D eigenvalue weighted by atomic mass is 10.1. The summed E-state index contributed by atoms with van der Waals surface area (Å²) in [5, 5.41) is 3.65. The summed E-state index contributed by atoms with van der Waals surface area (Å²) in [6.07, 6.45) is 0.226. The molecule has 0 saturated carbocycles. The van der Waals surface area contributed by atoms with Crippen LogP contribution in [0.15, 0.2) is 24.3 Å². The summed E-state index contributed by atoms with van der Waals surface area (Å²) in [5.41, 5.74) is 1.00. The zero-order valence-electron chi connectivity index (χ0n) is 13.7. The molecule has 0 bridgehead atoms. The fraction of sp³-hybridized carbons (Fsp3) is 0.529. The summed E-state index contributed by atoms with van der Waals surface area (Å²) in [4.78, 5) is 27.8. The van der Waals surface area contributed by atoms with Crippen LogP contribution in [0.2, 0.25) is 5.02 Å². The maximum Gasteiger partial charge on any atom is 0.317 e. The van der Waals surface area contributed by atoms with Gasteiger partial charge in [0.05, 0.1) is 19.2 Å². The summed E-state index contributed by atoms with van der Waals surface area (Å²) >= 11 is 5.91. The van der Waals surface area contributed by atoms with Gasteiger partial charge in [0, 0.05) is 31.1 Å². The number of amides is 3. The molecular formula is C17H22ClN3O3. The Morgan fingerprint density at radius 3 is 2.75 bits per heavy atom. The van der Waals surface area contributed by atoms with Crippen LogP contribution >= 0.6 is 11.6 Å². The number of morpholine rings is 1. The zero-order chi connectivity index (χ0) is 17.1. The number of nitrogens with zero attached hydrogens (tertiary/aromatic N) is 2. The molecule has 2 saturated heterocycles. The van der Waals surface area contributed by atoms with Crippen LogP contribution in [0, 0.1) is 0 Å². The number of urea groups is 1. The predicted octanol–water partition coefficient (Wildman–Crippen LogP) is 2.04. The standard InChI is InChI=1S/C17H22ClN3O3/c1-2-20-10-14(9-16(20)22)19-17(23)21-7-8-24-15(11-21)12-3-5-13(18)6-4-12/h3-6,14-15H,2,7-11H2,1H3,(H,19,23)/t14?,15-/m1/s1. The Morgan fingerprint density at radius 2 is 2.08 bits per heavy atom. The average Bonchev–Trinajstić information content (AvgIpc) is 2.95. The first-order valence-electron chi connectivity index (χ1n) is 8.27. The van der Waals surface area contributed by atoms with Gasteiger partial charge in [0.2, 0.25) is 5.91 Å². The predicted molar refractivity (Wildman–Crippen MR) is 90.9 cm³/mol. The number of carbonyl (C=O) groups is 2. The van der Waals surface area contributed by atoms with Gasteiger partial charge in [-0.25, -0.2) is 4.79 Å². The number of ether oxygens (including phenoxy) is 1. The molecule has 2 heterocycles. The van der Waals surface area contributed by atoms with E-state index in [0.717, 1.165) is 5.56 Å². The Balaban J connectivity index is 1.57. The lowest BCUT2D eigenvalue weighted by molar-refractivity contribution is -0.127. The van der Waals surface area contributed by atoms with Crippen molar-refractivity contribution in [1.29, 1.82) is 0 Å². The summed E-state index contributed by atoms with van der Waals surface area (Å²) in [5.74, 6) is 0.101. The number of halogens is 1. The van der Waals surface area contributed by atoms with Crippen molar-refractivity contribution in [2.24, 2.45) is 0 Å². The van der Waals surface area contributed by atoms with E-state index in [0.29, 0.717) is 44.2 Å². The van der Waals surface area contributed by atoms with Crippen LogP contribution < -0.4 is 5.32 Å². The van der Waals surface area contributed by atoms with Gasteiger partial charge in [0.15, 0.2) is 0 Å². The van der Waals surface area contributed by atoms with E-state index in [1.807, 2.05) is 31.2 Å². The van der Waals surface area contributed by atoms with E-state index in [9.17, 15) is 9.59 Å². The molecule has 0 aromatic heterocycles. The third-order valence-electron chi connectivity index (χ3n) is 4.52. The van der Waals surface area contributed by atoms with Gasteiger partial charge < -0.3 is 19.9 Å². The van der Waals surface area contributed by atoms with E-state index in [1.165, 1.54) is 0 Å². The zero-order valence-corrected chi connectivity index (χ0v) is 14.5. The molecule has 2 aliphatic rings. The second kappa shape index (κ2) is 7.40. The summed E-state index contributed by atoms with van der Waals surface area (Å²) in [6.45, 7) is 4.75. The SMILES string of the molecule is CCN1CC(NC(=O)N2CCO[C@@H](c3ccc(Cl)cc3)C2)CC1=O. The molecule has 130 valence electrons. The molecule has 2 fully saturated rings. The maximum atomic E-state index is 12.5. The fourth-order valence-electron chi connectivity index (χ4n) is 3.15. The van der Waals surface area contributed by atoms with E-state index >= 15 is 0 Å². The van der Waals surface area contributed by atoms with Gasteiger partial charge in [-0.2, -0.15) is 0 Å². The fourth-order valence-corrected chi connectivity index (χ4v) is 3.28. The monoisotopic (exact) mass is 351 g/mol. The summed E-state index contributed by atoms with van der Waals surface area (Å²) < 4.78 is 5.78. The van der Waals surface area contributed by atoms with Gasteiger partial charge in [0.25, 0.3) is 0 Å². The van der Waals surface area contributed by atoms with Crippen LogP contribution in [0.25, 0.3) is 0 Å². The third-order valence-corrected chi connectivity index (χ3v) is 4.77. The molecule has 1 aromatic carbocycles. The topological polar surface area (TPSA) is 61.9 Å². The minimum atomic E-state index is -0.154. The largest absolute Gasteiger partial charge is 0.370 e. The summed E-state index contributed by atoms with van der Waals surface area (Å²) in [6, 6.07) is 7.24. The minimum absolute atomic E-state index is 0.101. The van der Waals surface area contributed by atoms with Gasteiger partial charge in [-0.15, -0.1) is 0 Å². The van der Waals surface area contributed by atoms with Crippen LogP contribution in [0.1, 0.15) is 25.0 Å². The number of likely N-dealkylation sites (tertiary alicyclic amines) is 1. The summed E-state index contributed by atoms with van der Waals surface area (Å²) in [7, 11) is 0. The number of benzene rings is 1. The number of hydrogen-bond acceptors (Lipinski definition) is 3. The Labute approximate surface area is 146 Å². The van der Waals surface area contributed by atoms with Crippen LogP contribution in [0.5, 0.6) is 0 Å². The van der Waals surface area contributed by atoms with E-state index < -0.39 is 0 Å². The second-order valence-electron chi connectivity index (χ2n) is 6.14. The Hall–Kier alpha value is -1.79. The molecule has 1 N–H and O–H groups in total. The Kier molecular flexibility index (Phi) is 5.26. The van der Waals surface area contributed by atoms with Crippen LogP contribution in [-0.4, -0.2) is 60.6 Å². The van der Waals surface area contributed by atoms with Crippen molar-refractivity contribution in [2.75, 3.05) is 32.8 Å². The molecule has 24 heavy (non-hydrogen) atoms. The highest BCUT2D eigenvalue weighted by molar-refractivity contribution is 6.30. The minimum Gasteiger partial charge on any atom is -0.370 e. The van der Waals surface area contributed by atoms with Crippen molar-refractivity contribution in [3.05, 3.63) is 34.9 Å². The first-order valence-corrected chi connectivity index (χ1v) is 8.65. The lowest BCUT2D eigenvalue weighted by Crippen LogP contribution is -2.50. The maximum absolute atomic E-state index is 12.5. The van der Waals surface area contributed by atoms with Crippen molar-refractivity contribution < 1.29 is 14.3 Å². The van der Waals surface area contributed by atoms with Gasteiger partial charge in [-0.3, -0.25) is 4.79 Å². The van der Waals surface area contributed by atoms with E-state index in [1.54, 1.807) is 9.80 Å². The van der Waals surface area contributed by atoms with E-state index in [-0.39, 0.29) is 24.1 Å². The van der Waals surface area contributed by atoms with Crippen molar-refractivity contribution in [3.63, 3.8) is 0 Å². The molecule has 0 spiro atoms. The highest BCUT2D eigenvalue weighted by Crippen LogP contribution is 2.24. The molecule has 6 nitrogen and oxygen atoms in total. The van der Waals surface area contributed by atoms with Gasteiger partial charge >= 0.3 is 6.03 Å². The third kappa shape index (κ3) is 3.82. The van der Waals surface area contributed by atoms with Gasteiger partial charge in [0.1, 0.15) is 6.10 Å². The van der Waals surface area contributed by atoms with Gasteiger partial charge in [-0.05, 0) is 24.6 Å². The lowest BCUT2D eigenvalue weighted by Gasteiger charge is -2.34. The Morgan fingerprint density at radius 1 is 1.33 bits per heavy atom. The number of nitrogens with one attached hydrogen (secondary N) is 1. The molecular weight excluding hydrogens is 330 g/mol. The number of rotatable bonds is 3. The number of carbonyl (C=O) groups excluding carboxylic acids is 2. The second-order valence-corrected chi connectivity index (χ2v) is 6.58. The average molecular weight is 352 g/mol. The normalized spacial score (nSPS) is 24.3. The highest BCUT2D eigenvalue weighted by Gasteiger charge is 2.32.